The molecule has 12 rings (SSSR count). The van der Waals surface area contributed by atoms with Crippen molar-refractivity contribution in [1.29, 1.82) is 0 Å². The predicted octanol–water partition coefficient (Wildman–Crippen LogP) is 14.0. The predicted molar refractivity (Wildman–Crippen MR) is 269 cm³/mol. The first-order chi connectivity index (χ1) is 31.8. The Morgan fingerprint density at radius 1 is 0.359 bits per heavy atom. The summed E-state index contributed by atoms with van der Waals surface area (Å²) in [7, 11) is 0. The van der Waals surface area contributed by atoms with Crippen LogP contribution in [0.1, 0.15) is 6.42 Å². The Hall–Kier alpha value is -8.34. The highest BCUT2D eigenvalue weighted by Crippen LogP contribution is 2.40. The van der Waals surface area contributed by atoms with Crippen LogP contribution in [-0.4, -0.2) is 15.2 Å². The highest BCUT2D eigenvalue weighted by Gasteiger charge is 2.23. The highest BCUT2D eigenvalue weighted by atomic mass is 15.2. The molecule has 0 saturated heterocycles. The van der Waals surface area contributed by atoms with E-state index in [0.717, 1.165) is 34.9 Å². The van der Waals surface area contributed by atoms with Crippen LogP contribution in [0.2, 0.25) is 0 Å². The quantitative estimate of drug-likeness (QED) is 0.144. The van der Waals surface area contributed by atoms with Gasteiger partial charge in [-0.25, -0.2) is 0 Å². The van der Waals surface area contributed by atoms with Crippen molar-refractivity contribution in [2.75, 3.05) is 9.80 Å². The van der Waals surface area contributed by atoms with E-state index in [2.05, 4.69) is 268 Å². The first-order valence-electron chi connectivity index (χ1n) is 22.1. The maximum Gasteiger partial charge on any atom is 0.0567 e. The van der Waals surface area contributed by atoms with Crippen molar-refractivity contribution in [3.63, 3.8) is 0 Å². The molecule has 0 N–H and O–H groups in total. The maximum absolute atomic E-state index is 2.49. The van der Waals surface area contributed by atoms with Crippen LogP contribution in [0.15, 0.2) is 237 Å². The van der Waals surface area contributed by atoms with Gasteiger partial charge in [0.2, 0.25) is 0 Å². The van der Waals surface area contributed by atoms with E-state index in [0.29, 0.717) is 0 Å². The molecule has 1 unspecified atom stereocenters. The SMILES string of the molecule is C1=c2c(n(-c3ccccc3)c3ccccc23)=CCC1N(c1ccccc1)c1ccc(-c2ccc(N(c3ccccc3)c3ccc4c(c3)c3ccccc3n4-c3ccccc3)cc2)cc1. The molecule has 2 heterocycles. The van der Waals surface area contributed by atoms with Crippen molar-refractivity contribution in [2.45, 2.75) is 12.5 Å². The van der Waals surface area contributed by atoms with E-state index in [1.165, 1.54) is 65.8 Å². The summed E-state index contributed by atoms with van der Waals surface area (Å²) in [6, 6.07) is 85.5. The molecule has 0 bridgehead atoms. The van der Waals surface area contributed by atoms with Gasteiger partial charge in [-0.1, -0.05) is 146 Å². The molecule has 2 aromatic heterocycles. The lowest BCUT2D eigenvalue weighted by molar-refractivity contribution is 0.832. The number of fused-ring (bicyclic) bond motifs is 6. The van der Waals surface area contributed by atoms with E-state index in [1.54, 1.807) is 0 Å². The average Bonchev–Trinajstić information content (AvgIpc) is 3.88. The minimum absolute atomic E-state index is 0.133. The maximum atomic E-state index is 2.49. The Balaban J connectivity index is 0.892. The molecule has 0 aliphatic heterocycles. The smallest absolute Gasteiger partial charge is 0.0567 e. The summed E-state index contributed by atoms with van der Waals surface area (Å²) in [6.45, 7) is 0. The molecule has 4 heteroatoms. The van der Waals surface area contributed by atoms with Gasteiger partial charge in [0, 0.05) is 66.5 Å². The zero-order valence-electron chi connectivity index (χ0n) is 35.2. The van der Waals surface area contributed by atoms with Gasteiger partial charge in [-0.15, -0.1) is 0 Å². The summed E-state index contributed by atoms with van der Waals surface area (Å²) < 4.78 is 4.78. The number of nitrogens with zero attached hydrogens (tertiary/aromatic N) is 4. The molecule has 11 aromatic rings. The molecule has 9 aromatic carbocycles. The van der Waals surface area contributed by atoms with Gasteiger partial charge in [0.05, 0.1) is 22.6 Å². The number of rotatable bonds is 9. The number of anilines is 5. The minimum atomic E-state index is 0.133. The Labute approximate surface area is 372 Å². The van der Waals surface area contributed by atoms with Gasteiger partial charge in [-0.3, -0.25) is 0 Å². The Kier molecular flexibility index (Phi) is 9.27. The fourth-order valence-electron chi connectivity index (χ4n) is 9.91. The standard InChI is InChI=1S/C60H44N4/c1-5-17-45(18-6-1)61(51-37-39-59-55(41-51)53-25-13-15-27-57(53)63(59)47-21-9-3-10-22-47)49-33-29-43(30-34-49)44-31-35-50(36-32-44)62(46-19-7-2-8-20-46)52-38-40-60-56(42-52)54-26-14-16-28-58(54)64(60)48-23-11-4-12-24-48/h1-37,39-42,52H,38H2. The molecular formula is C60H44N4. The Morgan fingerprint density at radius 2 is 0.812 bits per heavy atom. The van der Waals surface area contributed by atoms with Crippen LogP contribution >= 0.6 is 0 Å². The second kappa shape index (κ2) is 15.8. The molecule has 64 heavy (non-hydrogen) atoms. The van der Waals surface area contributed by atoms with Gasteiger partial charge in [-0.2, -0.15) is 0 Å². The monoisotopic (exact) mass is 820 g/mol. The fraction of sp³-hybridized carbons (Fsp3) is 0.0333. The van der Waals surface area contributed by atoms with Gasteiger partial charge in [-0.05, 0) is 121 Å². The highest BCUT2D eigenvalue weighted by molar-refractivity contribution is 6.10. The topological polar surface area (TPSA) is 16.3 Å². The summed E-state index contributed by atoms with van der Waals surface area (Å²) in [4.78, 5) is 4.85. The zero-order chi connectivity index (χ0) is 42.4. The van der Waals surface area contributed by atoms with Crippen molar-refractivity contribution in [3.05, 3.63) is 247 Å². The molecule has 0 saturated carbocycles. The summed E-state index contributed by atoms with van der Waals surface area (Å²) >= 11 is 0. The van der Waals surface area contributed by atoms with Gasteiger partial charge < -0.3 is 18.9 Å². The molecule has 0 amide bonds. The van der Waals surface area contributed by atoms with Gasteiger partial charge in [0.25, 0.3) is 0 Å². The van der Waals surface area contributed by atoms with Crippen LogP contribution < -0.4 is 20.4 Å². The Bertz CT molecular complexity index is 3560. The van der Waals surface area contributed by atoms with Crippen molar-refractivity contribution < 1.29 is 0 Å². The van der Waals surface area contributed by atoms with E-state index in [1.807, 2.05) is 0 Å². The third-order valence-corrected chi connectivity index (χ3v) is 12.8. The van der Waals surface area contributed by atoms with Crippen LogP contribution in [0.4, 0.5) is 28.4 Å². The van der Waals surface area contributed by atoms with Crippen LogP contribution in [0, 0.1) is 0 Å². The summed E-state index contributed by atoms with van der Waals surface area (Å²) in [5.74, 6) is 0. The van der Waals surface area contributed by atoms with E-state index in [-0.39, 0.29) is 6.04 Å². The second-order valence-electron chi connectivity index (χ2n) is 16.5. The molecule has 1 atom stereocenters. The summed E-state index contributed by atoms with van der Waals surface area (Å²) in [5, 5.41) is 6.29. The molecule has 0 spiro atoms. The van der Waals surface area contributed by atoms with Crippen LogP contribution in [-0.2, 0) is 0 Å². The Morgan fingerprint density at radius 3 is 1.45 bits per heavy atom. The molecule has 4 nitrogen and oxygen atoms in total. The summed E-state index contributed by atoms with van der Waals surface area (Å²) in [5.41, 5.74) is 14.0. The van der Waals surface area contributed by atoms with Crippen molar-refractivity contribution >= 4 is 73.3 Å². The molecular weight excluding hydrogens is 777 g/mol. The van der Waals surface area contributed by atoms with Crippen molar-refractivity contribution in [2.24, 2.45) is 0 Å². The van der Waals surface area contributed by atoms with Gasteiger partial charge >= 0.3 is 0 Å². The van der Waals surface area contributed by atoms with Crippen molar-refractivity contribution in [3.8, 4) is 22.5 Å². The third-order valence-electron chi connectivity index (χ3n) is 12.8. The largest absolute Gasteiger partial charge is 0.334 e. The summed E-state index contributed by atoms with van der Waals surface area (Å²) in [6.07, 6.45) is 5.79. The average molecular weight is 821 g/mol. The molecule has 1 aliphatic rings. The van der Waals surface area contributed by atoms with Crippen LogP contribution in [0.3, 0.4) is 0 Å². The second-order valence-corrected chi connectivity index (χ2v) is 16.5. The van der Waals surface area contributed by atoms with Gasteiger partial charge in [0.15, 0.2) is 0 Å². The van der Waals surface area contributed by atoms with E-state index >= 15 is 0 Å². The third kappa shape index (κ3) is 6.47. The van der Waals surface area contributed by atoms with Crippen LogP contribution in [0.25, 0.3) is 67.4 Å². The van der Waals surface area contributed by atoms with E-state index in [4.69, 9.17) is 0 Å². The first kappa shape index (κ1) is 37.4. The van der Waals surface area contributed by atoms with Crippen LogP contribution in [0.5, 0.6) is 0 Å². The first-order valence-corrected chi connectivity index (χ1v) is 22.1. The molecule has 0 radical (unpaired) electrons. The molecule has 0 fully saturated rings. The number of benzene rings is 9. The minimum Gasteiger partial charge on any atom is -0.334 e. The van der Waals surface area contributed by atoms with E-state index in [9.17, 15) is 0 Å². The zero-order valence-corrected chi connectivity index (χ0v) is 35.2. The number of hydrogen-bond donors (Lipinski definition) is 0. The lowest BCUT2D eigenvalue weighted by Crippen LogP contribution is -2.39. The normalized spacial score (nSPS) is 13.3. The molecule has 1 aliphatic carbocycles. The fourth-order valence-corrected chi connectivity index (χ4v) is 9.91. The number of aromatic nitrogens is 2. The van der Waals surface area contributed by atoms with Crippen molar-refractivity contribution in [1.82, 2.24) is 9.13 Å². The van der Waals surface area contributed by atoms with E-state index < -0.39 is 0 Å². The number of hydrogen-bond acceptors (Lipinski definition) is 2. The molecule has 304 valence electrons. The lowest BCUT2D eigenvalue weighted by atomic mass is 10.0. The number of para-hydroxylation sites is 6. The van der Waals surface area contributed by atoms with Gasteiger partial charge in [0.1, 0.15) is 0 Å². The lowest BCUT2D eigenvalue weighted by Gasteiger charge is -2.32.